The maximum atomic E-state index is 12.3. The Morgan fingerprint density at radius 1 is 1.06 bits per heavy atom. The summed E-state index contributed by atoms with van der Waals surface area (Å²) in [4.78, 5) is 12.3. The lowest BCUT2D eigenvalue weighted by atomic mass is 9.95. The molecule has 2 heterocycles. The van der Waals surface area contributed by atoms with Gasteiger partial charge in [0.05, 0.1) is 36.0 Å². The van der Waals surface area contributed by atoms with E-state index in [1.54, 1.807) is 29.3 Å². The second kappa shape index (κ2) is 8.74. The van der Waals surface area contributed by atoms with Gasteiger partial charge in [0.25, 0.3) is 0 Å². The molecule has 2 aliphatic heterocycles. The van der Waals surface area contributed by atoms with Gasteiger partial charge in [-0.2, -0.15) is 5.10 Å². The van der Waals surface area contributed by atoms with Gasteiger partial charge in [-0.05, 0) is 35.9 Å². The van der Waals surface area contributed by atoms with Gasteiger partial charge in [-0.3, -0.25) is 0 Å². The van der Waals surface area contributed by atoms with Crippen LogP contribution in [0.2, 0.25) is 10.0 Å². The number of para-hydroxylation sites is 1. The number of hydrogen-bond donors (Lipinski definition) is 1. The third-order valence-corrected chi connectivity index (χ3v) is 6.75. The molecule has 34 heavy (non-hydrogen) atoms. The molecular formula is C25H20Cl2N2O5. The number of rotatable bonds is 5. The molecule has 0 aromatic heterocycles. The van der Waals surface area contributed by atoms with Crippen molar-refractivity contribution in [3.63, 3.8) is 0 Å². The van der Waals surface area contributed by atoms with Crippen molar-refractivity contribution in [3.05, 3.63) is 86.9 Å². The van der Waals surface area contributed by atoms with Crippen LogP contribution in [0.25, 0.3) is 0 Å². The van der Waals surface area contributed by atoms with Crippen LogP contribution in [0.3, 0.4) is 0 Å². The van der Waals surface area contributed by atoms with Crippen LogP contribution in [-0.4, -0.2) is 36.0 Å². The summed E-state index contributed by atoms with van der Waals surface area (Å²) in [6, 6.07) is 16.2. The lowest BCUT2D eigenvalue weighted by Crippen LogP contribution is -2.34. The van der Waals surface area contributed by atoms with Gasteiger partial charge in [-0.1, -0.05) is 47.5 Å². The van der Waals surface area contributed by atoms with Crippen molar-refractivity contribution in [2.45, 2.75) is 18.7 Å². The smallest absolute Gasteiger partial charge is 0.340 e. The zero-order valence-electron chi connectivity index (χ0n) is 18.3. The first kappa shape index (κ1) is 22.4. The zero-order chi connectivity index (χ0) is 24.0. The molecule has 0 amide bonds. The Bertz CT molecular complexity index is 1330. The number of methoxy groups -OCH3 is 2. The van der Waals surface area contributed by atoms with Crippen LogP contribution in [0.1, 0.15) is 45.7 Å². The number of carboxylic acids is 1. The summed E-state index contributed by atoms with van der Waals surface area (Å²) in [5.74, 6) is -0.0414. The minimum Gasteiger partial charge on any atom is -0.493 e. The van der Waals surface area contributed by atoms with E-state index in [0.29, 0.717) is 33.5 Å². The molecule has 0 saturated heterocycles. The first-order valence-corrected chi connectivity index (χ1v) is 11.2. The van der Waals surface area contributed by atoms with E-state index < -0.39 is 12.2 Å². The Morgan fingerprint density at radius 3 is 2.56 bits per heavy atom. The minimum absolute atomic E-state index is 0.0387. The highest BCUT2D eigenvalue weighted by molar-refractivity contribution is 6.42. The molecule has 2 aliphatic rings. The normalized spacial score (nSPS) is 18.5. The average Bonchev–Trinajstić information content (AvgIpc) is 3.30. The molecule has 3 aromatic carbocycles. The van der Waals surface area contributed by atoms with E-state index in [-0.39, 0.29) is 17.4 Å². The van der Waals surface area contributed by atoms with Gasteiger partial charge in [0.15, 0.2) is 11.5 Å². The third-order valence-electron chi connectivity index (χ3n) is 6.01. The van der Waals surface area contributed by atoms with Gasteiger partial charge in [-0.25, -0.2) is 9.80 Å². The maximum absolute atomic E-state index is 12.3. The third kappa shape index (κ3) is 3.61. The van der Waals surface area contributed by atoms with Crippen molar-refractivity contribution in [2.24, 2.45) is 5.10 Å². The Kier molecular flexibility index (Phi) is 5.75. The molecule has 0 aliphatic carbocycles. The molecule has 2 atom stereocenters. The molecule has 0 radical (unpaired) electrons. The summed E-state index contributed by atoms with van der Waals surface area (Å²) < 4.78 is 17.1. The SMILES string of the molecule is COc1ccc([C@@H]2Oc3ccccc3[C@H]3CC(c4ccc(Cl)c(Cl)c4)=NN32)c(C(=O)O)c1OC. The average molecular weight is 499 g/mol. The van der Waals surface area contributed by atoms with E-state index in [9.17, 15) is 9.90 Å². The topological polar surface area (TPSA) is 80.6 Å². The molecule has 174 valence electrons. The lowest BCUT2D eigenvalue weighted by Gasteiger charge is -2.38. The van der Waals surface area contributed by atoms with Crippen LogP contribution in [0.5, 0.6) is 17.2 Å². The van der Waals surface area contributed by atoms with Crippen LogP contribution in [-0.2, 0) is 0 Å². The number of aromatic carboxylic acids is 1. The standard InChI is InChI=1S/C25H20Cl2N2O5/c1-32-21-10-8-15(22(25(30)31)23(21)33-2)24-29-19(14-5-3-4-6-20(14)34-24)12-18(28-29)13-7-9-16(26)17(27)11-13/h3-11,19,24H,12H2,1-2H3,(H,30,31)/t19-,24+/m1/s1. The Hall–Kier alpha value is -3.42. The molecule has 7 nitrogen and oxygen atoms in total. The molecule has 0 saturated carbocycles. The van der Waals surface area contributed by atoms with Crippen LogP contribution in [0, 0.1) is 0 Å². The fourth-order valence-electron chi connectivity index (χ4n) is 4.46. The molecule has 0 unspecified atom stereocenters. The quantitative estimate of drug-likeness (QED) is 0.467. The van der Waals surface area contributed by atoms with Crippen molar-refractivity contribution in [2.75, 3.05) is 14.2 Å². The predicted molar refractivity (Wildman–Crippen MR) is 129 cm³/mol. The summed E-state index contributed by atoms with van der Waals surface area (Å²) in [5, 5.41) is 17.6. The van der Waals surface area contributed by atoms with E-state index in [1.807, 2.05) is 30.3 Å². The summed E-state index contributed by atoms with van der Waals surface area (Å²) in [5.41, 5.74) is 2.97. The van der Waals surface area contributed by atoms with Crippen LogP contribution in [0.4, 0.5) is 0 Å². The zero-order valence-corrected chi connectivity index (χ0v) is 19.8. The number of ether oxygens (including phenoxy) is 3. The van der Waals surface area contributed by atoms with Crippen molar-refractivity contribution < 1.29 is 24.1 Å². The van der Waals surface area contributed by atoms with Gasteiger partial charge >= 0.3 is 5.97 Å². The number of nitrogens with zero attached hydrogens (tertiary/aromatic N) is 2. The van der Waals surface area contributed by atoms with Gasteiger partial charge < -0.3 is 19.3 Å². The first-order valence-electron chi connectivity index (χ1n) is 10.5. The number of hydrazone groups is 1. The van der Waals surface area contributed by atoms with Gasteiger partial charge in [-0.15, -0.1) is 0 Å². The second-order valence-electron chi connectivity index (χ2n) is 7.85. The van der Waals surface area contributed by atoms with Crippen LogP contribution < -0.4 is 14.2 Å². The molecule has 0 spiro atoms. The molecule has 9 heteroatoms. The van der Waals surface area contributed by atoms with Gasteiger partial charge in [0, 0.05) is 17.5 Å². The second-order valence-corrected chi connectivity index (χ2v) is 8.67. The molecule has 0 bridgehead atoms. The van der Waals surface area contributed by atoms with Crippen LogP contribution >= 0.6 is 23.2 Å². The fraction of sp³-hybridized carbons (Fsp3) is 0.200. The Labute approximate surface area is 206 Å². The summed E-state index contributed by atoms with van der Waals surface area (Å²) >= 11 is 12.4. The number of hydrogen-bond acceptors (Lipinski definition) is 6. The van der Waals surface area contributed by atoms with E-state index in [0.717, 1.165) is 16.8 Å². The van der Waals surface area contributed by atoms with Crippen molar-refractivity contribution >= 4 is 34.9 Å². The van der Waals surface area contributed by atoms with Crippen molar-refractivity contribution in [1.82, 2.24) is 5.01 Å². The maximum Gasteiger partial charge on any atom is 0.340 e. The van der Waals surface area contributed by atoms with Crippen LogP contribution in [0.15, 0.2) is 59.7 Å². The first-order chi connectivity index (χ1) is 16.4. The number of carboxylic acid groups (broad SMARTS) is 1. The van der Waals surface area contributed by atoms with E-state index in [2.05, 4.69) is 0 Å². The van der Waals surface area contributed by atoms with E-state index in [4.69, 9.17) is 42.5 Å². The summed E-state index contributed by atoms with van der Waals surface area (Å²) in [7, 11) is 2.87. The highest BCUT2D eigenvalue weighted by atomic mass is 35.5. The van der Waals surface area contributed by atoms with Crippen molar-refractivity contribution in [1.29, 1.82) is 0 Å². The lowest BCUT2D eigenvalue weighted by molar-refractivity contribution is -0.0199. The number of fused-ring (bicyclic) bond motifs is 3. The largest absolute Gasteiger partial charge is 0.493 e. The van der Waals surface area contributed by atoms with Gasteiger partial charge in [0.1, 0.15) is 11.3 Å². The van der Waals surface area contributed by atoms with E-state index in [1.165, 1.54) is 14.2 Å². The van der Waals surface area contributed by atoms with Gasteiger partial charge in [0.2, 0.25) is 6.23 Å². The fourth-order valence-corrected chi connectivity index (χ4v) is 4.76. The molecule has 5 rings (SSSR count). The highest BCUT2D eigenvalue weighted by Gasteiger charge is 2.43. The van der Waals surface area contributed by atoms with Crippen molar-refractivity contribution in [3.8, 4) is 17.2 Å². The van der Waals surface area contributed by atoms with E-state index >= 15 is 0 Å². The minimum atomic E-state index is -1.15. The molecule has 1 N–H and O–H groups in total. The molecule has 3 aromatic rings. The highest BCUT2D eigenvalue weighted by Crippen LogP contribution is 2.49. The predicted octanol–water partition coefficient (Wildman–Crippen LogP) is 5.95. The monoisotopic (exact) mass is 498 g/mol. The summed E-state index contributed by atoms with van der Waals surface area (Å²) in [6.45, 7) is 0. The molecular weight excluding hydrogens is 479 g/mol. The number of halogens is 2. The summed E-state index contributed by atoms with van der Waals surface area (Å²) in [6.07, 6.45) is -0.212. The number of carbonyl (C=O) groups is 1. The Balaban J connectivity index is 1.67. The molecule has 0 fully saturated rings. The Morgan fingerprint density at radius 2 is 1.85 bits per heavy atom. The number of benzene rings is 3.